The van der Waals surface area contributed by atoms with Crippen LogP contribution >= 0.6 is 0 Å². The fraction of sp³-hybridized carbons (Fsp3) is 0.387. The van der Waals surface area contributed by atoms with Gasteiger partial charge in [0.05, 0.1) is 42.7 Å². The Bertz CT molecular complexity index is 1730. The monoisotopic (exact) mass is 603 g/mol. The van der Waals surface area contributed by atoms with Gasteiger partial charge in [0.25, 0.3) is 5.92 Å². The van der Waals surface area contributed by atoms with E-state index in [1.807, 2.05) is 0 Å². The van der Waals surface area contributed by atoms with Crippen molar-refractivity contribution in [1.82, 2.24) is 0 Å². The predicted molar refractivity (Wildman–Crippen MR) is 153 cm³/mol. The van der Waals surface area contributed by atoms with Crippen molar-refractivity contribution in [2.45, 2.75) is 65.2 Å². The van der Waals surface area contributed by atoms with E-state index in [9.17, 15) is 18.3 Å². The summed E-state index contributed by atoms with van der Waals surface area (Å²) in [6.07, 6.45) is -1.11. The van der Waals surface area contributed by atoms with Gasteiger partial charge in [-0.05, 0) is 80.6 Å². The van der Waals surface area contributed by atoms with Gasteiger partial charge in [0, 0.05) is 16.7 Å². The summed E-state index contributed by atoms with van der Waals surface area (Å²) in [4.78, 5) is 12.8. The number of benzene rings is 3. The van der Waals surface area contributed by atoms with Gasteiger partial charge in [-0.2, -0.15) is 0 Å². The first-order valence-electron chi connectivity index (χ1n) is 13.4. The van der Waals surface area contributed by atoms with Crippen molar-refractivity contribution in [3.8, 4) is 28.0 Å². The summed E-state index contributed by atoms with van der Waals surface area (Å²) in [5, 5.41) is 10.4. The highest BCUT2D eigenvalue weighted by molar-refractivity contribution is 7.92. The Morgan fingerprint density at radius 3 is 2.40 bits per heavy atom. The zero-order chi connectivity index (χ0) is 30.9. The Hall–Kier alpha value is -3.57. The van der Waals surface area contributed by atoms with Gasteiger partial charge >= 0.3 is 5.97 Å². The molecule has 2 aliphatic heterocycles. The predicted octanol–water partition coefficient (Wildman–Crippen LogP) is 6.87. The van der Waals surface area contributed by atoms with Gasteiger partial charge in [0.1, 0.15) is 11.6 Å². The van der Waals surface area contributed by atoms with Crippen molar-refractivity contribution in [2.75, 3.05) is 17.2 Å². The first kappa shape index (κ1) is 29.9. The van der Waals surface area contributed by atoms with Gasteiger partial charge in [-0.15, -0.1) is 0 Å². The largest absolute Gasteiger partial charge is 0.493 e. The van der Waals surface area contributed by atoms with Crippen LogP contribution in [0.25, 0.3) is 22.3 Å². The first-order valence-corrected chi connectivity index (χ1v) is 15.3. The fourth-order valence-corrected chi connectivity index (χ4v) is 6.86. The topological polar surface area (TPSA) is 93.1 Å². The lowest BCUT2D eigenvalue weighted by Crippen LogP contribution is -2.35. The zero-order valence-corrected chi connectivity index (χ0v) is 25.0. The third-order valence-corrected chi connectivity index (χ3v) is 8.74. The summed E-state index contributed by atoms with van der Waals surface area (Å²) in [5.41, 5.74) is 0.808. The maximum Gasteiger partial charge on any atom is 0.337 e. The Kier molecular flexibility index (Phi) is 7.13. The summed E-state index contributed by atoms with van der Waals surface area (Å²) in [6.45, 7) is 7.87. The number of sulfonamides is 1. The molecule has 0 radical (unpaired) electrons. The molecule has 5 rings (SSSR count). The number of ether oxygens (including phenoxy) is 2. The highest BCUT2D eigenvalue weighted by Crippen LogP contribution is 2.53. The number of carboxylic acids is 1. The minimum Gasteiger partial charge on any atom is -0.493 e. The average molecular weight is 604 g/mol. The summed E-state index contributed by atoms with van der Waals surface area (Å²) in [5.74, 6) is -5.12. The van der Waals surface area contributed by atoms with E-state index in [-0.39, 0.29) is 63.5 Å². The van der Waals surface area contributed by atoms with Crippen LogP contribution in [0.3, 0.4) is 0 Å². The zero-order valence-electron chi connectivity index (χ0n) is 24.1. The number of carboxylic acid groups (broad SMARTS) is 1. The SMILES string of the molecule is Cc1c(-c2ccc3c(c2)C(F)(F)CCO3)c([C@H](OC(C)(C)C)C(=O)O)c(C)c2c1-c1c(F)cccc1CN2S(C)(=O)=O. The van der Waals surface area contributed by atoms with E-state index in [2.05, 4.69) is 0 Å². The summed E-state index contributed by atoms with van der Waals surface area (Å²) in [7, 11) is -3.93. The van der Waals surface area contributed by atoms with E-state index in [4.69, 9.17) is 9.47 Å². The average Bonchev–Trinajstić information content (AvgIpc) is 2.87. The molecule has 11 heteroatoms. The highest BCUT2D eigenvalue weighted by Gasteiger charge is 2.41. The normalized spacial score (nSPS) is 16.6. The van der Waals surface area contributed by atoms with Crippen LogP contribution in [0.5, 0.6) is 5.75 Å². The Morgan fingerprint density at radius 2 is 1.79 bits per heavy atom. The Labute approximate surface area is 242 Å². The number of rotatable bonds is 5. The van der Waals surface area contributed by atoms with E-state index < -0.39 is 45.9 Å². The van der Waals surface area contributed by atoms with E-state index in [0.717, 1.165) is 10.6 Å². The molecule has 0 unspecified atom stereocenters. The van der Waals surface area contributed by atoms with Gasteiger partial charge in [0.15, 0.2) is 6.10 Å². The fourth-order valence-electron chi connectivity index (χ4n) is 5.93. The second-order valence-electron chi connectivity index (χ2n) is 11.8. The van der Waals surface area contributed by atoms with Crippen molar-refractivity contribution in [3.05, 3.63) is 70.0 Å². The van der Waals surface area contributed by atoms with Crippen LogP contribution in [0, 0.1) is 19.7 Å². The molecule has 0 saturated carbocycles. The third-order valence-electron chi connectivity index (χ3n) is 7.62. The number of halogens is 3. The molecule has 0 aliphatic carbocycles. The van der Waals surface area contributed by atoms with Crippen molar-refractivity contribution < 1.29 is 41.0 Å². The molecule has 1 atom stereocenters. The van der Waals surface area contributed by atoms with Crippen molar-refractivity contribution in [3.63, 3.8) is 0 Å². The Balaban J connectivity index is 1.96. The molecule has 0 saturated heterocycles. The van der Waals surface area contributed by atoms with Gasteiger partial charge in [-0.3, -0.25) is 4.31 Å². The van der Waals surface area contributed by atoms with Gasteiger partial charge in [-0.25, -0.2) is 26.4 Å². The van der Waals surface area contributed by atoms with Crippen molar-refractivity contribution in [2.24, 2.45) is 0 Å². The molecule has 0 amide bonds. The second kappa shape index (κ2) is 10.0. The molecule has 0 bridgehead atoms. The summed E-state index contributed by atoms with van der Waals surface area (Å²) < 4.78 is 84.6. The van der Waals surface area contributed by atoms with Crippen LogP contribution in [0.4, 0.5) is 18.9 Å². The lowest BCUT2D eigenvalue weighted by atomic mass is 9.79. The molecular weight excluding hydrogens is 571 g/mol. The molecule has 1 N–H and O–H groups in total. The summed E-state index contributed by atoms with van der Waals surface area (Å²) >= 11 is 0. The van der Waals surface area contributed by atoms with E-state index >= 15 is 13.2 Å². The van der Waals surface area contributed by atoms with Crippen molar-refractivity contribution >= 4 is 21.7 Å². The van der Waals surface area contributed by atoms with E-state index in [1.54, 1.807) is 46.8 Å². The standard InChI is InChI=1S/C31H32F3NO6S/c1-16-23(18-10-11-22-20(14-18)31(33,34)12-13-40-22)25(28(29(36)37)41-30(3,4)5)17(2)27-24(16)26-19(8-7-9-21(26)32)15-35(27)42(6,38)39/h7-11,14,28H,12-13,15H2,1-6H3,(H,36,37)/t28-/m0/s1. The number of nitrogens with zero attached hydrogens (tertiary/aromatic N) is 1. The minimum absolute atomic E-state index is 0.0178. The molecule has 3 aromatic carbocycles. The van der Waals surface area contributed by atoms with Crippen molar-refractivity contribution in [1.29, 1.82) is 0 Å². The van der Waals surface area contributed by atoms with E-state index in [0.29, 0.717) is 11.1 Å². The number of anilines is 1. The van der Waals surface area contributed by atoms with Gasteiger partial charge in [0.2, 0.25) is 10.0 Å². The minimum atomic E-state index is -3.93. The van der Waals surface area contributed by atoms with Crippen LogP contribution in [0.1, 0.15) is 61.1 Å². The molecule has 7 nitrogen and oxygen atoms in total. The maximum absolute atomic E-state index is 15.6. The molecule has 0 fully saturated rings. The quantitative estimate of drug-likeness (QED) is 0.342. The van der Waals surface area contributed by atoms with Gasteiger partial charge < -0.3 is 14.6 Å². The van der Waals surface area contributed by atoms with Crippen LogP contribution in [-0.4, -0.2) is 38.0 Å². The van der Waals surface area contributed by atoms with Crippen LogP contribution in [-0.2, 0) is 32.0 Å². The summed E-state index contributed by atoms with van der Waals surface area (Å²) in [6, 6.07) is 8.60. The Morgan fingerprint density at radius 1 is 1.10 bits per heavy atom. The molecule has 42 heavy (non-hydrogen) atoms. The highest BCUT2D eigenvalue weighted by atomic mass is 32.2. The molecule has 2 aliphatic rings. The number of hydrogen-bond donors (Lipinski definition) is 1. The molecule has 2 heterocycles. The molecule has 0 spiro atoms. The first-order chi connectivity index (χ1) is 19.4. The van der Waals surface area contributed by atoms with Crippen LogP contribution in [0.2, 0.25) is 0 Å². The third kappa shape index (κ3) is 5.02. The molecule has 3 aromatic rings. The second-order valence-corrected chi connectivity index (χ2v) is 13.7. The number of carbonyl (C=O) groups is 1. The van der Waals surface area contributed by atoms with E-state index in [1.165, 1.54) is 24.3 Å². The molecule has 224 valence electrons. The lowest BCUT2D eigenvalue weighted by Gasteiger charge is -2.37. The smallest absolute Gasteiger partial charge is 0.337 e. The lowest BCUT2D eigenvalue weighted by molar-refractivity contribution is -0.160. The van der Waals surface area contributed by atoms with Crippen LogP contribution in [0.15, 0.2) is 36.4 Å². The maximum atomic E-state index is 15.6. The van der Waals surface area contributed by atoms with Crippen LogP contribution < -0.4 is 9.04 Å². The number of hydrogen-bond acceptors (Lipinski definition) is 5. The molecular formula is C31H32F3NO6S. The molecule has 0 aromatic heterocycles. The number of fused-ring (bicyclic) bond motifs is 4. The number of aliphatic carboxylic acids is 1. The van der Waals surface area contributed by atoms with Gasteiger partial charge in [-0.1, -0.05) is 18.2 Å². The number of alkyl halides is 2.